The van der Waals surface area contributed by atoms with Gasteiger partial charge >= 0.3 is 0 Å². The van der Waals surface area contributed by atoms with E-state index in [1.54, 1.807) is 21.3 Å². The van der Waals surface area contributed by atoms with E-state index in [1.807, 2.05) is 30.3 Å². The Morgan fingerprint density at radius 1 is 1.13 bits per heavy atom. The van der Waals surface area contributed by atoms with Crippen molar-refractivity contribution in [2.45, 2.75) is 12.8 Å². The summed E-state index contributed by atoms with van der Waals surface area (Å²) in [6.07, 6.45) is 1.97. The first-order valence-corrected chi connectivity index (χ1v) is 10.7. The monoisotopic (exact) mass is 558 g/mol. The van der Waals surface area contributed by atoms with Crippen LogP contribution in [0.3, 0.4) is 0 Å². The Balaban J connectivity index is 0.00000341. The third-order valence-corrected chi connectivity index (χ3v) is 5.78. The van der Waals surface area contributed by atoms with Crippen molar-refractivity contribution in [2.75, 3.05) is 52.3 Å². The summed E-state index contributed by atoms with van der Waals surface area (Å²) in [5.74, 6) is 3.06. The smallest absolute Gasteiger partial charge is 0.190 e. The molecule has 0 bridgehead atoms. The van der Waals surface area contributed by atoms with Gasteiger partial charge in [0, 0.05) is 50.0 Å². The van der Waals surface area contributed by atoms with Crippen LogP contribution >= 0.6 is 35.6 Å². The van der Waals surface area contributed by atoms with Gasteiger partial charge in [0.25, 0.3) is 0 Å². The molecule has 0 saturated carbocycles. The quantitative estimate of drug-likeness (QED) is 0.289. The fourth-order valence-corrected chi connectivity index (χ4v) is 3.94. The van der Waals surface area contributed by atoms with E-state index in [-0.39, 0.29) is 24.0 Å². The Hall–Kier alpha value is -1.87. The van der Waals surface area contributed by atoms with Crippen LogP contribution in [0, 0.1) is 5.92 Å². The van der Waals surface area contributed by atoms with Gasteiger partial charge in [0.15, 0.2) is 5.96 Å². The molecule has 2 N–H and O–H groups in total. The molecule has 170 valence electrons. The minimum atomic E-state index is 0. The zero-order chi connectivity index (χ0) is 21.3. The first kappa shape index (κ1) is 25.4. The molecule has 0 spiro atoms. The second-order valence-corrected chi connectivity index (χ2v) is 7.80. The van der Waals surface area contributed by atoms with Crippen LogP contribution in [0.5, 0.6) is 11.5 Å². The molecule has 0 radical (unpaired) electrons. The summed E-state index contributed by atoms with van der Waals surface area (Å²) >= 11 is 6.32. The number of ether oxygens (including phenoxy) is 2. The summed E-state index contributed by atoms with van der Waals surface area (Å²) in [7, 11) is 5.15. The number of guanidine groups is 1. The van der Waals surface area contributed by atoms with E-state index < -0.39 is 0 Å². The standard InChI is InChI=1S/C23H31ClN4O2.HI/c1-25-23(26-11-9-18-7-8-21(30-3)14-22(18)24)27-15-17-10-12-28(16-17)19-5-4-6-20(13-19)29-2;/h4-8,13-14,17H,9-12,15-16H2,1-3H3,(H2,25,26,27);1H. The predicted molar refractivity (Wildman–Crippen MR) is 140 cm³/mol. The van der Waals surface area contributed by atoms with Gasteiger partial charge in [-0.3, -0.25) is 4.99 Å². The second kappa shape index (κ2) is 12.9. The van der Waals surface area contributed by atoms with Gasteiger partial charge < -0.3 is 25.0 Å². The zero-order valence-electron chi connectivity index (χ0n) is 18.4. The highest BCUT2D eigenvalue weighted by atomic mass is 127. The van der Waals surface area contributed by atoms with Crippen LogP contribution in [0.2, 0.25) is 5.02 Å². The number of nitrogens with one attached hydrogen (secondary N) is 2. The first-order valence-electron chi connectivity index (χ1n) is 10.3. The lowest BCUT2D eigenvalue weighted by atomic mass is 10.1. The summed E-state index contributed by atoms with van der Waals surface area (Å²) in [6.45, 7) is 3.73. The molecule has 6 nitrogen and oxygen atoms in total. The highest BCUT2D eigenvalue weighted by Gasteiger charge is 2.23. The molecule has 1 aliphatic heterocycles. The average Bonchev–Trinajstić information content (AvgIpc) is 3.26. The molecule has 0 aliphatic carbocycles. The number of rotatable bonds is 8. The predicted octanol–water partition coefficient (Wildman–Crippen LogP) is 4.21. The van der Waals surface area contributed by atoms with E-state index in [1.165, 1.54) is 5.69 Å². The van der Waals surface area contributed by atoms with Crippen LogP contribution in [0.4, 0.5) is 5.69 Å². The maximum atomic E-state index is 6.32. The fourth-order valence-electron chi connectivity index (χ4n) is 3.68. The second-order valence-electron chi connectivity index (χ2n) is 7.39. The van der Waals surface area contributed by atoms with Crippen LogP contribution in [-0.4, -0.2) is 53.4 Å². The summed E-state index contributed by atoms with van der Waals surface area (Å²) < 4.78 is 10.5. The van der Waals surface area contributed by atoms with Crippen molar-refractivity contribution in [3.05, 3.63) is 53.1 Å². The summed E-state index contributed by atoms with van der Waals surface area (Å²) in [4.78, 5) is 6.75. The average molecular weight is 559 g/mol. The molecular weight excluding hydrogens is 527 g/mol. The van der Waals surface area contributed by atoms with Crippen molar-refractivity contribution in [3.8, 4) is 11.5 Å². The highest BCUT2D eigenvalue weighted by molar-refractivity contribution is 14.0. The summed E-state index contributed by atoms with van der Waals surface area (Å²) in [5, 5.41) is 7.56. The third-order valence-electron chi connectivity index (χ3n) is 5.43. The van der Waals surface area contributed by atoms with Crippen LogP contribution in [0.25, 0.3) is 0 Å². The fraction of sp³-hybridized carbons (Fsp3) is 0.435. The lowest BCUT2D eigenvalue weighted by Crippen LogP contribution is -2.41. The van der Waals surface area contributed by atoms with Gasteiger partial charge in [0.2, 0.25) is 0 Å². The number of hydrogen-bond donors (Lipinski definition) is 2. The van der Waals surface area contributed by atoms with Gasteiger partial charge in [0.1, 0.15) is 11.5 Å². The van der Waals surface area contributed by atoms with Crippen LogP contribution < -0.4 is 25.0 Å². The van der Waals surface area contributed by atoms with E-state index in [9.17, 15) is 0 Å². The van der Waals surface area contributed by atoms with E-state index in [0.717, 1.165) is 67.1 Å². The number of hydrogen-bond acceptors (Lipinski definition) is 4. The van der Waals surface area contributed by atoms with Crippen LogP contribution in [0.1, 0.15) is 12.0 Å². The Kier molecular flexibility index (Phi) is 10.5. The van der Waals surface area contributed by atoms with Crippen molar-refractivity contribution in [1.29, 1.82) is 0 Å². The molecule has 8 heteroatoms. The maximum absolute atomic E-state index is 6.32. The van der Waals surface area contributed by atoms with E-state index in [4.69, 9.17) is 21.1 Å². The third kappa shape index (κ3) is 7.35. The molecule has 3 rings (SSSR count). The maximum Gasteiger partial charge on any atom is 0.190 e. The van der Waals surface area contributed by atoms with Gasteiger partial charge in [-0.1, -0.05) is 23.7 Å². The Bertz CT molecular complexity index is 865. The molecule has 2 aromatic rings. The minimum absolute atomic E-state index is 0. The van der Waals surface area contributed by atoms with Gasteiger partial charge in [-0.25, -0.2) is 0 Å². The number of nitrogens with zero attached hydrogens (tertiary/aromatic N) is 2. The summed E-state index contributed by atoms with van der Waals surface area (Å²) in [6, 6.07) is 14.0. The Morgan fingerprint density at radius 3 is 2.61 bits per heavy atom. The minimum Gasteiger partial charge on any atom is -0.497 e. The SMILES string of the molecule is CN=C(NCCc1ccc(OC)cc1Cl)NCC1CCN(c2cccc(OC)c2)C1.I. The van der Waals surface area contributed by atoms with Gasteiger partial charge in [-0.2, -0.15) is 0 Å². The molecule has 31 heavy (non-hydrogen) atoms. The molecule has 0 aromatic heterocycles. The number of halogens is 2. The normalized spacial score (nSPS) is 15.9. The number of benzene rings is 2. The lowest BCUT2D eigenvalue weighted by Gasteiger charge is -2.20. The number of aliphatic imine (C=N–C) groups is 1. The van der Waals surface area contributed by atoms with Crippen LogP contribution in [-0.2, 0) is 6.42 Å². The number of anilines is 1. The lowest BCUT2D eigenvalue weighted by molar-refractivity contribution is 0.414. The molecule has 1 aliphatic rings. The molecule has 1 unspecified atom stereocenters. The Morgan fingerprint density at radius 2 is 1.90 bits per heavy atom. The molecule has 1 fully saturated rings. The van der Waals surface area contributed by atoms with E-state index in [0.29, 0.717) is 5.92 Å². The van der Waals surface area contributed by atoms with E-state index >= 15 is 0 Å². The van der Waals surface area contributed by atoms with Gasteiger partial charge in [-0.05, 0) is 48.6 Å². The molecule has 1 atom stereocenters. The van der Waals surface area contributed by atoms with E-state index in [2.05, 4.69) is 32.7 Å². The molecule has 0 amide bonds. The van der Waals surface area contributed by atoms with Crippen molar-refractivity contribution in [3.63, 3.8) is 0 Å². The number of methoxy groups -OCH3 is 2. The van der Waals surface area contributed by atoms with Crippen molar-refractivity contribution >= 4 is 47.2 Å². The molecular formula is C23H32ClIN4O2. The van der Waals surface area contributed by atoms with Crippen molar-refractivity contribution in [1.82, 2.24) is 10.6 Å². The van der Waals surface area contributed by atoms with Gasteiger partial charge in [-0.15, -0.1) is 24.0 Å². The Labute approximate surface area is 207 Å². The topological polar surface area (TPSA) is 58.1 Å². The first-order chi connectivity index (χ1) is 14.6. The molecule has 1 heterocycles. The van der Waals surface area contributed by atoms with Gasteiger partial charge in [0.05, 0.1) is 14.2 Å². The highest BCUT2D eigenvalue weighted by Crippen LogP contribution is 2.26. The zero-order valence-corrected chi connectivity index (χ0v) is 21.4. The van der Waals surface area contributed by atoms with Crippen molar-refractivity contribution in [2.24, 2.45) is 10.9 Å². The van der Waals surface area contributed by atoms with Crippen LogP contribution in [0.15, 0.2) is 47.5 Å². The molecule has 1 saturated heterocycles. The summed E-state index contributed by atoms with van der Waals surface area (Å²) in [5.41, 5.74) is 2.31. The van der Waals surface area contributed by atoms with Crippen molar-refractivity contribution < 1.29 is 9.47 Å². The largest absolute Gasteiger partial charge is 0.497 e. The molecule has 2 aromatic carbocycles.